The molecule has 0 spiro atoms. The number of rotatable bonds is 4. The molecule has 0 amide bonds. The number of nitro groups is 1. The van der Waals surface area contributed by atoms with E-state index in [-0.39, 0.29) is 11.3 Å². The molecule has 0 fully saturated rings. The highest BCUT2D eigenvalue weighted by molar-refractivity contribution is 7.99. The third-order valence-electron chi connectivity index (χ3n) is 2.43. The molecule has 0 aliphatic rings. The molecule has 2 aromatic carbocycles. The minimum Gasteiger partial charge on any atom is -0.298 e. The molecule has 0 unspecified atom stereocenters. The summed E-state index contributed by atoms with van der Waals surface area (Å²) in [6.45, 7) is 0. The van der Waals surface area contributed by atoms with Gasteiger partial charge >= 0.3 is 0 Å². The summed E-state index contributed by atoms with van der Waals surface area (Å²) in [5.41, 5.74) is 0.140. The van der Waals surface area contributed by atoms with Crippen molar-refractivity contribution in [2.45, 2.75) is 9.79 Å². The fourth-order valence-electron chi connectivity index (χ4n) is 1.50. The van der Waals surface area contributed by atoms with Crippen LogP contribution >= 0.6 is 35.0 Å². The monoisotopic (exact) mass is 327 g/mol. The Morgan fingerprint density at radius 3 is 2.45 bits per heavy atom. The van der Waals surface area contributed by atoms with Gasteiger partial charge in [0.05, 0.1) is 19.9 Å². The van der Waals surface area contributed by atoms with Gasteiger partial charge in [0.2, 0.25) is 0 Å². The minimum absolute atomic E-state index is 0.120. The average molecular weight is 328 g/mol. The lowest BCUT2D eigenvalue weighted by Crippen LogP contribution is -1.93. The third kappa shape index (κ3) is 3.30. The van der Waals surface area contributed by atoms with Crippen LogP contribution < -0.4 is 0 Å². The lowest BCUT2D eigenvalue weighted by atomic mass is 10.2. The Morgan fingerprint density at radius 1 is 1.10 bits per heavy atom. The van der Waals surface area contributed by atoms with Crippen molar-refractivity contribution in [1.82, 2.24) is 0 Å². The molecule has 0 N–H and O–H groups in total. The predicted molar refractivity (Wildman–Crippen MR) is 79.1 cm³/mol. The molecule has 0 heterocycles. The number of halogens is 2. The van der Waals surface area contributed by atoms with Gasteiger partial charge in [-0.1, -0.05) is 41.0 Å². The van der Waals surface area contributed by atoms with E-state index in [0.29, 0.717) is 21.2 Å². The zero-order valence-electron chi connectivity index (χ0n) is 9.88. The van der Waals surface area contributed by atoms with Gasteiger partial charge in [-0.25, -0.2) is 0 Å². The summed E-state index contributed by atoms with van der Waals surface area (Å²) in [5, 5.41) is 11.8. The lowest BCUT2D eigenvalue weighted by Gasteiger charge is -2.05. The topological polar surface area (TPSA) is 60.2 Å². The van der Waals surface area contributed by atoms with Gasteiger partial charge in [-0.15, -0.1) is 0 Å². The minimum atomic E-state index is -0.521. The van der Waals surface area contributed by atoms with Crippen molar-refractivity contribution in [3.8, 4) is 0 Å². The number of nitrogens with zero attached hydrogens (tertiary/aromatic N) is 1. The highest BCUT2D eigenvalue weighted by Gasteiger charge is 2.16. The van der Waals surface area contributed by atoms with Crippen LogP contribution in [0.3, 0.4) is 0 Å². The van der Waals surface area contributed by atoms with E-state index >= 15 is 0 Å². The molecule has 0 radical (unpaired) electrons. The Hall–Kier alpha value is -1.56. The van der Waals surface area contributed by atoms with Crippen LogP contribution in [-0.4, -0.2) is 11.2 Å². The fraction of sp³-hybridized carbons (Fsp3) is 0. The molecule has 0 aliphatic heterocycles. The molecular formula is C13H7Cl2NO3S. The first-order chi connectivity index (χ1) is 9.51. The van der Waals surface area contributed by atoms with Gasteiger partial charge < -0.3 is 0 Å². The van der Waals surface area contributed by atoms with Crippen LogP contribution in [0.15, 0.2) is 46.2 Å². The van der Waals surface area contributed by atoms with Crippen molar-refractivity contribution >= 4 is 46.9 Å². The Bertz CT molecular complexity index is 691. The van der Waals surface area contributed by atoms with E-state index in [1.807, 2.05) is 0 Å². The van der Waals surface area contributed by atoms with E-state index < -0.39 is 4.92 Å². The quantitative estimate of drug-likeness (QED) is 0.456. The SMILES string of the molecule is O=Cc1ccc(Sc2ccc(Cl)c(Cl)c2)c([N+](=O)[O-])c1. The highest BCUT2D eigenvalue weighted by Crippen LogP contribution is 2.37. The normalized spacial score (nSPS) is 10.3. The van der Waals surface area contributed by atoms with Crippen molar-refractivity contribution in [3.63, 3.8) is 0 Å². The van der Waals surface area contributed by atoms with Gasteiger partial charge in [-0.3, -0.25) is 14.9 Å². The maximum Gasteiger partial charge on any atom is 0.283 e. The van der Waals surface area contributed by atoms with Crippen LogP contribution in [0.4, 0.5) is 5.69 Å². The van der Waals surface area contributed by atoms with Gasteiger partial charge in [0.15, 0.2) is 0 Å². The first-order valence-corrected chi connectivity index (χ1v) is 6.95. The van der Waals surface area contributed by atoms with Crippen LogP contribution in [-0.2, 0) is 0 Å². The maximum absolute atomic E-state index is 11.0. The van der Waals surface area contributed by atoms with Gasteiger partial charge in [0.1, 0.15) is 6.29 Å². The number of carbonyl (C=O) groups excluding carboxylic acids is 1. The van der Waals surface area contributed by atoms with Crippen LogP contribution in [0.2, 0.25) is 10.0 Å². The Kier molecular flexibility index (Phi) is 4.65. The van der Waals surface area contributed by atoms with Crippen LogP contribution in [0.25, 0.3) is 0 Å². The van der Waals surface area contributed by atoms with Crippen molar-refractivity contribution in [3.05, 3.63) is 62.1 Å². The zero-order valence-corrected chi connectivity index (χ0v) is 12.2. The van der Waals surface area contributed by atoms with Crippen LogP contribution in [0.1, 0.15) is 10.4 Å². The molecule has 0 bridgehead atoms. The molecule has 2 rings (SSSR count). The number of carbonyl (C=O) groups is 1. The molecule has 0 saturated carbocycles. The molecule has 4 nitrogen and oxygen atoms in total. The second kappa shape index (κ2) is 6.26. The number of hydrogen-bond acceptors (Lipinski definition) is 4. The smallest absolute Gasteiger partial charge is 0.283 e. The number of benzene rings is 2. The third-order valence-corrected chi connectivity index (χ3v) is 4.23. The molecule has 2 aromatic rings. The Labute approximate surface area is 128 Å². The van der Waals surface area contributed by atoms with Crippen molar-refractivity contribution in [2.24, 2.45) is 0 Å². The molecule has 0 aliphatic carbocycles. The summed E-state index contributed by atoms with van der Waals surface area (Å²) < 4.78 is 0. The predicted octanol–water partition coefficient (Wildman–Crippen LogP) is 4.87. The Balaban J connectivity index is 2.39. The van der Waals surface area contributed by atoms with Crippen molar-refractivity contribution in [1.29, 1.82) is 0 Å². The maximum atomic E-state index is 11.0. The standard InChI is InChI=1S/C13H7Cl2NO3S/c14-10-3-2-9(6-11(10)15)20-13-4-1-8(7-17)5-12(13)16(18)19/h1-7H. The summed E-state index contributed by atoms with van der Waals surface area (Å²) in [6.07, 6.45) is 0.570. The van der Waals surface area contributed by atoms with Gasteiger partial charge in [0.25, 0.3) is 5.69 Å². The summed E-state index contributed by atoms with van der Waals surface area (Å²) in [6, 6.07) is 9.28. The number of nitro benzene ring substituents is 1. The first kappa shape index (κ1) is 14.8. The van der Waals surface area contributed by atoms with E-state index in [9.17, 15) is 14.9 Å². The van der Waals surface area contributed by atoms with E-state index in [0.717, 1.165) is 4.90 Å². The molecule has 0 saturated heterocycles. The van der Waals surface area contributed by atoms with E-state index in [1.165, 1.54) is 30.0 Å². The zero-order chi connectivity index (χ0) is 14.7. The van der Waals surface area contributed by atoms with Gasteiger partial charge in [-0.2, -0.15) is 0 Å². The molecule has 7 heteroatoms. The summed E-state index contributed by atoms with van der Waals surface area (Å²) in [4.78, 5) is 22.3. The first-order valence-electron chi connectivity index (χ1n) is 5.38. The van der Waals surface area contributed by atoms with E-state index in [2.05, 4.69) is 0 Å². The molecular weight excluding hydrogens is 321 g/mol. The summed E-state index contributed by atoms with van der Waals surface area (Å²) in [5.74, 6) is 0. The number of hydrogen-bond donors (Lipinski definition) is 0. The second-order valence-corrected chi connectivity index (χ2v) is 5.71. The van der Waals surface area contributed by atoms with Crippen LogP contribution in [0, 0.1) is 10.1 Å². The van der Waals surface area contributed by atoms with E-state index in [4.69, 9.17) is 23.2 Å². The van der Waals surface area contributed by atoms with Crippen molar-refractivity contribution < 1.29 is 9.72 Å². The summed E-state index contributed by atoms with van der Waals surface area (Å²) in [7, 11) is 0. The number of aldehydes is 1. The fourth-order valence-corrected chi connectivity index (χ4v) is 2.81. The van der Waals surface area contributed by atoms with E-state index in [1.54, 1.807) is 18.2 Å². The molecule has 0 atom stereocenters. The highest BCUT2D eigenvalue weighted by atomic mass is 35.5. The second-order valence-electron chi connectivity index (χ2n) is 3.78. The van der Waals surface area contributed by atoms with Crippen LogP contribution in [0.5, 0.6) is 0 Å². The molecule has 102 valence electrons. The molecule has 20 heavy (non-hydrogen) atoms. The largest absolute Gasteiger partial charge is 0.298 e. The van der Waals surface area contributed by atoms with Crippen molar-refractivity contribution in [2.75, 3.05) is 0 Å². The average Bonchev–Trinajstić information content (AvgIpc) is 2.43. The Morgan fingerprint density at radius 2 is 1.85 bits per heavy atom. The summed E-state index contributed by atoms with van der Waals surface area (Å²) >= 11 is 12.9. The molecule has 0 aromatic heterocycles. The van der Waals surface area contributed by atoms with Gasteiger partial charge in [0, 0.05) is 16.5 Å². The van der Waals surface area contributed by atoms with Gasteiger partial charge in [-0.05, 0) is 24.3 Å². The lowest BCUT2D eigenvalue weighted by molar-refractivity contribution is -0.387.